The van der Waals surface area contributed by atoms with E-state index in [9.17, 15) is 5.11 Å². The van der Waals surface area contributed by atoms with E-state index >= 15 is 0 Å². The molecule has 0 amide bonds. The van der Waals surface area contributed by atoms with Crippen LogP contribution in [0.2, 0.25) is 5.02 Å². The molecule has 1 aromatic rings. The maximum Gasteiger partial charge on any atom is 0.0558 e. The maximum absolute atomic E-state index is 9.25. The Bertz CT molecular complexity index is 449. The fourth-order valence-corrected chi connectivity index (χ4v) is 2.94. The van der Waals surface area contributed by atoms with Gasteiger partial charge in [0.2, 0.25) is 0 Å². The third kappa shape index (κ3) is 4.66. The molecule has 4 nitrogen and oxygen atoms in total. The molecule has 1 saturated heterocycles. The zero-order chi connectivity index (χ0) is 15.2. The molecular weight excluding hydrogens is 286 g/mol. The minimum atomic E-state index is 0.182. The third-order valence-corrected chi connectivity index (χ3v) is 4.62. The Morgan fingerprint density at radius 1 is 1.38 bits per heavy atom. The molecule has 1 fully saturated rings. The molecule has 0 spiro atoms. The van der Waals surface area contributed by atoms with Crippen LogP contribution in [0.25, 0.3) is 0 Å². The van der Waals surface area contributed by atoms with Gasteiger partial charge < -0.3 is 10.4 Å². The average molecular weight is 312 g/mol. The van der Waals surface area contributed by atoms with Gasteiger partial charge in [0.25, 0.3) is 0 Å². The Balaban J connectivity index is 2.15. The van der Waals surface area contributed by atoms with E-state index in [1.54, 1.807) is 0 Å². The van der Waals surface area contributed by atoms with Crippen molar-refractivity contribution in [3.05, 3.63) is 34.3 Å². The summed E-state index contributed by atoms with van der Waals surface area (Å²) in [4.78, 5) is 4.71. The third-order valence-electron chi connectivity index (χ3n) is 4.19. The summed E-state index contributed by atoms with van der Waals surface area (Å²) in [7, 11) is 2.08. The molecule has 21 heavy (non-hydrogen) atoms. The lowest BCUT2D eigenvalue weighted by Gasteiger charge is -2.35. The van der Waals surface area contributed by atoms with Gasteiger partial charge in [-0.15, -0.1) is 0 Å². The normalized spacial score (nSPS) is 18.1. The van der Waals surface area contributed by atoms with Crippen molar-refractivity contribution in [2.45, 2.75) is 13.0 Å². The molecule has 1 atom stereocenters. The lowest BCUT2D eigenvalue weighted by molar-refractivity contribution is 0.130. The number of piperazine rings is 1. The van der Waals surface area contributed by atoms with Gasteiger partial charge in [-0.1, -0.05) is 23.7 Å². The predicted molar refractivity (Wildman–Crippen MR) is 88.0 cm³/mol. The highest BCUT2D eigenvalue weighted by molar-refractivity contribution is 6.31. The fourth-order valence-electron chi connectivity index (χ4n) is 2.83. The maximum atomic E-state index is 9.25. The first kappa shape index (κ1) is 16.7. The zero-order valence-corrected chi connectivity index (χ0v) is 13.7. The lowest BCUT2D eigenvalue weighted by atomic mass is 10.0. The van der Waals surface area contributed by atoms with E-state index in [0.29, 0.717) is 6.54 Å². The molecule has 0 aliphatic carbocycles. The van der Waals surface area contributed by atoms with Crippen LogP contribution in [0.3, 0.4) is 0 Å². The minimum Gasteiger partial charge on any atom is -0.395 e. The van der Waals surface area contributed by atoms with Crippen LogP contribution in [0.15, 0.2) is 18.2 Å². The summed E-state index contributed by atoms with van der Waals surface area (Å²) in [5, 5.41) is 13.4. The van der Waals surface area contributed by atoms with Gasteiger partial charge in [0.15, 0.2) is 0 Å². The van der Waals surface area contributed by atoms with Gasteiger partial charge in [-0.3, -0.25) is 9.80 Å². The van der Waals surface area contributed by atoms with E-state index < -0.39 is 0 Å². The van der Waals surface area contributed by atoms with Crippen molar-refractivity contribution in [2.75, 3.05) is 52.9 Å². The van der Waals surface area contributed by atoms with E-state index in [-0.39, 0.29) is 12.6 Å². The first-order valence-corrected chi connectivity index (χ1v) is 8.00. The zero-order valence-electron chi connectivity index (χ0n) is 13.0. The van der Waals surface area contributed by atoms with Gasteiger partial charge in [-0.25, -0.2) is 0 Å². The number of hydrogen-bond donors (Lipinski definition) is 2. The SMILES string of the molecule is Cc1cc(C(CN2CCNCC2)N(C)CCO)ccc1Cl. The lowest BCUT2D eigenvalue weighted by Crippen LogP contribution is -2.47. The molecule has 1 aromatic carbocycles. The monoisotopic (exact) mass is 311 g/mol. The first-order chi connectivity index (χ1) is 10.1. The summed E-state index contributed by atoms with van der Waals surface area (Å²) in [6.45, 7) is 8.15. The van der Waals surface area contributed by atoms with Crippen molar-refractivity contribution in [1.82, 2.24) is 15.1 Å². The molecule has 5 heteroatoms. The van der Waals surface area contributed by atoms with Crippen LogP contribution in [0.5, 0.6) is 0 Å². The highest BCUT2D eigenvalue weighted by Crippen LogP contribution is 2.25. The molecule has 2 N–H and O–H groups in total. The number of aryl methyl sites for hydroxylation is 1. The standard InChI is InChI=1S/C16H26ClN3O/c1-13-11-14(3-4-15(13)17)16(19(2)9-10-21)12-20-7-5-18-6-8-20/h3-4,11,16,18,21H,5-10,12H2,1-2H3. The topological polar surface area (TPSA) is 38.7 Å². The summed E-state index contributed by atoms with van der Waals surface area (Å²) >= 11 is 6.15. The molecule has 118 valence electrons. The smallest absolute Gasteiger partial charge is 0.0558 e. The van der Waals surface area contributed by atoms with E-state index in [1.165, 1.54) is 5.56 Å². The Morgan fingerprint density at radius 3 is 2.71 bits per heavy atom. The van der Waals surface area contributed by atoms with Crippen LogP contribution in [-0.2, 0) is 0 Å². The van der Waals surface area contributed by atoms with Gasteiger partial charge in [0.05, 0.1) is 6.61 Å². The van der Waals surface area contributed by atoms with E-state index in [4.69, 9.17) is 11.6 Å². The molecular formula is C16H26ClN3O. The predicted octanol–water partition coefficient (Wildman–Crippen LogP) is 1.52. The number of benzene rings is 1. The number of halogens is 1. The Hall–Kier alpha value is -0.650. The van der Waals surface area contributed by atoms with Gasteiger partial charge in [0, 0.05) is 50.3 Å². The van der Waals surface area contributed by atoms with E-state index in [2.05, 4.69) is 34.3 Å². The number of nitrogens with one attached hydrogen (secondary N) is 1. The molecule has 1 unspecified atom stereocenters. The summed E-state index contributed by atoms with van der Waals surface area (Å²) < 4.78 is 0. The Morgan fingerprint density at radius 2 is 2.10 bits per heavy atom. The Labute approximate surface area is 132 Å². The number of rotatable bonds is 6. The van der Waals surface area contributed by atoms with E-state index in [1.807, 2.05) is 13.0 Å². The second kappa shape index (κ2) is 8.11. The van der Waals surface area contributed by atoms with Crippen molar-refractivity contribution >= 4 is 11.6 Å². The number of nitrogens with zero attached hydrogens (tertiary/aromatic N) is 2. The van der Waals surface area contributed by atoms with Crippen molar-refractivity contribution in [3.8, 4) is 0 Å². The molecule has 1 aliphatic rings. The molecule has 0 saturated carbocycles. The van der Waals surface area contributed by atoms with Crippen molar-refractivity contribution in [2.24, 2.45) is 0 Å². The molecule has 1 aliphatic heterocycles. The summed E-state index contributed by atoms with van der Waals surface area (Å²) in [5.41, 5.74) is 2.38. The van der Waals surface area contributed by atoms with E-state index in [0.717, 1.165) is 43.3 Å². The van der Waals surface area contributed by atoms with Crippen LogP contribution >= 0.6 is 11.6 Å². The van der Waals surface area contributed by atoms with Crippen LogP contribution < -0.4 is 5.32 Å². The number of aliphatic hydroxyl groups excluding tert-OH is 1. The van der Waals surface area contributed by atoms with Gasteiger partial charge in [-0.2, -0.15) is 0 Å². The van der Waals surface area contributed by atoms with Crippen molar-refractivity contribution in [1.29, 1.82) is 0 Å². The number of aliphatic hydroxyl groups is 1. The summed E-state index contributed by atoms with van der Waals surface area (Å²) in [6.07, 6.45) is 0. The van der Waals surface area contributed by atoms with Crippen LogP contribution in [-0.4, -0.2) is 67.8 Å². The molecule has 0 aromatic heterocycles. The minimum absolute atomic E-state index is 0.182. The first-order valence-electron chi connectivity index (χ1n) is 7.62. The number of hydrogen-bond acceptors (Lipinski definition) is 4. The highest BCUT2D eigenvalue weighted by Gasteiger charge is 2.21. The van der Waals surface area contributed by atoms with Crippen LogP contribution in [0, 0.1) is 6.92 Å². The number of likely N-dealkylation sites (N-methyl/N-ethyl adjacent to an activating group) is 1. The van der Waals surface area contributed by atoms with Gasteiger partial charge in [0.1, 0.15) is 0 Å². The van der Waals surface area contributed by atoms with Crippen LogP contribution in [0.4, 0.5) is 0 Å². The van der Waals surface area contributed by atoms with Crippen LogP contribution in [0.1, 0.15) is 17.2 Å². The fraction of sp³-hybridized carbons (Fsp3) is 0.625. The van der Waals surface area contributed by atoms with Gasteiger partial charge >= 0.3 is 0 Å². The van der Waals surface area contributed by atoms with Crippen molar-refractivity contribution < 1.29 is 5.11 Å². The summed E-state index contributed by atoms with van der Waals surface area (Å²) in [6, 6.07) is 6.54. The van der Waals surface area contributed by atoms with Gasteiger partial charge in [-0.05, 0) is 31.2 Å². The highest BCUT2D eigenvalue weighted by atomic mass is 35.5. The average Bonchev–Trinajstić information content (AvgIpc) is 2.49. The molecule has 1 heterocycles. The molecule has 0 radical (unpaired) electrons. The molecule has 0 bridgehead atoms. The summed E-state index contributed by atoms with van der Waals surface area (Å²) in [5.74, 6) is 0. The Kier molecular flexibility index (Phi) is 6.45. The largest absolute Gasteiger partial charge is 0.395 e. The second-order valence-corrected chi connectivity index (χ2v) is 6.19. The quantitative estimate of drug-likeness (QED) is 0.835. The second-order valence-electron chi connectivity index (χ2n) is 5.78. The molecule has 2 rings (SSSR count). The van der Waals surface area contributed by atoms with Crippen molar-refractivity contribution in [3.63, 3.8) is 0 Å².